The van der Waals surface area contributed by atoms with Crippen molar-refractivity contribution in [3.63, 3.8) is 0 Å². The molecule has 0 spiro atoms. The van der Waals surface area contributed by atoms with Gasteiger partial charge >= 0.3 is 6.09 Å². The van der Waals surface area contributed by atoms with Crippen molar-refractivity contribution < 1.29 is 13.9 Å². The summed E-state index contributed by atoms with van der Waals surface area (Å²) in [5.74, 6) is -0.0335. The largest absolute Gasteiger partial charge is 0.444 e. The lowest BCUT2D eigenvalue weighted by atomic mass is 9.91. The van der Waals surface area contributed by atoms with Crippen molar-refractivity contribution in [3.05, 3.63) is 35.8 Å². The zero-order chi connectivity index (χ0) is 21.0. The molecule has 3 heterocycles. The number of hydrogen-bond acceptors (Lipinski definition) is 3. The van der Waals surface area contributed by atoms with Crippen LogP contribution in [-0.4, -0.2) is 57.7 Å². The Balaban J connectivity index is 1.51. The van der Waals surface area contributed by atoms with Crippen LogP contribution in [0.15, 0.2) is 24.4 Å². The molecule has 1 aliphatic carbocycles. The molecule has 2 aromatic rings. The van der Waals surface area contributed by atoms with Crippen LogP contribution in [0.3, 0.4) is 0 Å². The van der Waals surface area contributed by atoms with Gasteiger partial charge in [-0.1, -0.05) is 12.8 Å². The van der Waals surface area contributed by atoms with Crippen LogP contribution in [0.1, 0.15) is 64.4 Å². The first-order chi connectivity index (χ1) is 14.3. The summed E-state index contributed by atoms with van der Waals surface area (Å²) in [6, 6.07) is 6.04. The molecule has 1 amide bonds. The van der Waals surface area contributed by atoms with Crippen LogP contribution >= 0.6 is 0 Å². The van der Waals surface area contributed by atoms with Gasteiger partial charge in [0.05, 0.1) is 6.04 Å². The lowest BCUT2D eigenvalue weighted by Crippen LogP contribution is -2.45. The Kier molecular flexibility index (Phi) is 4.80. The Hall–Kier alpha value is -2.08. The van der Waals surface area contributed by atoms with Crippen LogP contribution in [0.4, 0.5) is 9.18 Å². The predicted molar refractivity (Wildman–Crippen MR) is 115 cm³/mol. The summed E-state index contributed by atoms with van der Waals surface area (Å²) >= 11 is 0. The van der Waals surface area contributed by atoms with Gasteiger partial charge < -0.3 is 14.6 Å². The smallest absolute Gasteiger partial charge is 0.410 e. The topological polar surface area (TPSA) is 48.6 Å². The van der Waals surface area contributed by atoms with E-state index < -0.39 is 5.60 Å². The molecule has 3 aliphatic rings. The molecule has 6 heteroatoms. The van der Waals surface area contributed by atoms with Crippen LogP contribution < -0.4 is 0 Å². The highest BCUT2D eigenvalue weighted by molar-refractivity contribution is 5.84. The van der Waals surface area contributed by atoms with E-state index in [1.165, 1.54) is 37.3 Å². The third-order valence-electron chi connectivity index (χ3n) is 7.16. The van der Waals surface area contributed by atoms with Crippen molar-refractivity contribution in [2.24, 2.45) is 0 Å². The molecular formula is C24H32FN3O2. The predicted octanol–water partition coefficient (Wildman–Crippen LogP) is 5.03. The molecule has 162 valence electrons. The molecule has 5 rings (SSSR count). The van der Waals surface area contributed by atoms with Crippen molar-refractivity contribution in [3.8, 4) is 0 Å². The fraction of sp³-hybridized carbons (Fsp3) is 0.625. The molecule has 0 radical (unpaired) electrons. The van der Waals surface area contributed by atoms with Gasteiger partial charge in [0, 0.05) is 48.2 Å². The Morgan fingerprint density at radius 3 is 2.70 bits per heavy atom. The van der Waals surface area contributed by atoms with Crippen LogP contribution in [-0.2, 0) is 4.74 Å². The van der Waals surface area contributed by atoms with Crippen LogP contribution in [0, 0.1) is 5.82 Å². The molecule has 0 bridgehead atoms. The van der Waals surface area contributed by atoms with Gasteiger partial charge in [0.2, 0.25) is 0 Å². The normalized spacial score (nSPS) is 27.9. The zero-order valence-electron chi connectivity index (χ0n) is 18.2. The average Bonchev–Trinajstić information content (AvgIpc) is 3.43. The van der Waals surface area contributed by atoms with E-state index in [-0.39, 0.29) is 23.9 Å². The number of amides is 1. The Bertz CT molecular complexity index is 944. The Morgan fingerprint density at radius 1 is 1.20 bits per heavy atom. The van der Waals surface area contributed by atoms with Crippen molar-refractivity contribution in [1.82, 2.24) is 14.8 Å². The third kappa shape index (κ3) is 3.39. The summed E-state index contributed by atoms with van der Waals surface area (Å²) in [6.07, 6.45) is 7.91. The minimum atomic E-state index is -0.507. The maximum Gasteiger partial charge on any atom is 0.410 e. The second-order valence-corrected chi connectivity index (χ2v) is 10.2. The maximum atomic E-state index is 13.7. The number of hydrogen-bond donors (Lipinski definition) is 1. The minimum absolute atomic E-state index is 0.101. The molecule has 1 N–H and O–H groups in total. The number of likely N-dealkylation sites (tertiary alicyclic amines) is 2. The molecule has 30 heavy (non-hydrogen) atoms. The number of aromatic amines is 1. The average molecular weight is 414 g/mol. The molecular weight excluding hydrogens is 381 g/mol. The van der Waals surface area contributed by atoms with Gasteiger partial charge in [-0.2, -0.15) is 0 Å². The van der Waals surface area contributed by atoms with Crippen molar-refractivity contribution in [2.45, 2.75) is 82.5 Å². The highest BCUT2D eigenvalue weighted by Crippen LogP contribution is 2.46. The molecule has 1 aromatic carbocycles. The van der Waals surface area contributed by atoms with E-state index in [1.54, 1.807) is 6.07 Å². The highest BCUT2D eigenvalue weighted by Gasteiger charge is 2.53. The van der Waals surface area contributed by atoms with Gasteiger partial charge in [0.25, 0.3) is 0 Å². The number of carbonyl (C=O) groups excluding carboxylic acids is 1. The van der Waals surface area contributed by atoms with Gasteiger partial charge in [0.1, 0.15) is 11.4 Å². The fourth-order valence-electron chi connectivity index (χ4n) is 6.02. The lowest BCUT2D eigenvalue weighted by Gasteiger charge is -2.31. The molecule has 1 aromatic heterocycles. The van der Waals surface area contributed by atoms with Crippen molar-refractivity contribution in [1.29, 1.82) is 0 Å². The number of aromatic nitrogens is 1. The monoisotopic (exact) mass is 413 g/mol. The summed E-state index contributed by atoms with van der Waals surface area (Å²) in [4.78, 5) is 21.0. The lowest BCUT2D eigenvalue weighted by molar-refractivity contribution is 0.0210. The molecule has 0 unspecified atom stereocenters. The van der Waals surface area contributed by atoms with Gasteiger partial charge in [-0.3, -0.25) is 4.90 Å². The number of fused-ring (bicyclic) bond motifs is 2. The van der Waals surface area contributed by atoms with Crippen molar-refractivity contribution >= 4 is 17.0 Å². The SMILES string of the molecule is CC(C)(C)OC(=O)N1CC[C@@H]2[C@H]1[C@H](c1c[nH]c3cc(F)ccc13)CN2C1CCCC1. The zero-order valence-corrected chi connectivity index (χ0v) is 18.2. The maximum absolute atomic E-state index is 13.7. The molecule has 3 fully saturated rings. The molecule has 2 saturated heterocycles. The van der Waals surface area contributed by atoms with Crippen LogP contribution in [0.2, 0.25) is 0 Å². The van der Waals surface area contributed by atoms with Crippen LogP contribution in [0.25, 0.3) is 10.9 Å². The second-order valence-electron chi connectivity index (χ2n) is 10.2. The summed E-state index contributed by atoms with van der Waals surface area (Å²) in [6.45, 7) is 7.45. The summed E-state index contributed by atoms with van der Waals surface area (Å²) in [5, 5.41) is 1.06. The van der Waals surface area contributed by atoms with E-state index in [1.807, 2.05) is 37.9 Å². The van der Waals surface area contributed by atoms with Gasteiger partial charge in [0.15, 0.2) is 0 Å². The molecule has 5 nitrogen and oxygen atoms in total. The summed E-state index contributed by atoms with van der Waals surface area (Å²) in [7, 11) is 0. The fourth-order valence-corrected chi connectivity index (χ4v) is 6.02. The first kappa shape index (κ1) is 19.9. The second kappa shape index (κ2) is 7.26. The van der Waals surface area contributed by atoms with E-state index >= 15 is 0 Å². The number of H-pyrrole nitrogens is 1. The molecule has 1 saturated carbocycles. The Morgan fingerprint density at radius 2 is 1.97 bits per heavy atom. The standard InChI is InChI=1S/C24H32FN3O2/c1-24(2,3)30-23(29)27-11-10-21-22(27)19(14-28(21)16-6-4-5-7-16)18-13-26-20-12-15(25)8-9-17(18)20/h8-9,12-13,16,19,21-22,26H,4-7,10-11,14H2,1-3H3/t19-,21+,22+/m0/s1. The number of nitrogens with one attached hydrogen (secondary N) is 1. The number of benzene rings is 1. The van der Waals surface area contributed by atoms with E-state index in [0.717, 1.165) is 30.4 Å². The molecule has 3 atom stereocenters. The number of carbonyl (C=O) groups is 1. The Labute approximate surface area is 177 Å². The molecule has 2 aliphatic heterocycles. The third-order valence-corrected chi connectivity index (χ3v) is 7.16. The number of ether oxygens (including phenoxy) is 1. The quantitative estimate of drug-likeness (QED) is 0.751. The van der Waals surface area contributed by atoms with Gasteiger partial charge in [-0.25, -0.2) is 9.18 Å². The summed E-state index contributed by atoms with van der Waals surface area (Å²) in [5.41, 5.74) is 1.51. The summed E-state index contributed by atoms with van der Waals surface area (Å²) < 4.78 is 19.5. The van der Waals surface area contributed by atoms with E-state index in [4.69, 9.17) is 4.74 Å². The minimum Gasteiger partial charge on any atom is -0.444 e. The number of rotatable bonds is 2. The first-order valence-electron chi connectivity index (χ1n) is 11.3. The van der Waals surface area contributed by atoms with Crippen molar-refractivity contribution in [2.75, 3.05) is 13.1 Å². The van der Waals surface area contributed by atoms with E-state index in [0.29, 0.717) is 12.1 Å². The number of nitrogens with zero attached hydrogens (tertiary/aromatic N) is 2. The van der Waals surface area contributed by atoms with E-state index in [9.17, 15) is 9.18 Å². The van der Waals surface area contributed by atoms with Gasteiger partial charge in [-0.05, 0) is 63.8 Å². The number of halogens is 1. The van der Waals surface area contributed by atoms with Crippen LogP contribution in [0.5, 0.6) is 0 Å². The highest BCUT2D eigenvalue weighted by atomic mass is 19.1. The first-order valence-corrected chi connectivity index (χ1v) is 11.3. The van der Waals surface area contributed by atoms with E-state index in [2.05, 4.69) is 9.88 Å². The van der Waals surface area contributed by atoms with Gasteiger partial charge in [-0.15, -0.1) is 0 Å².